The molecule has 2 heterocycles. The van der Waals surface area contributed by atoms with Crippen LogP contribution in [0.3, 0.4) is 0 Å². The monoisotopic (exact) mass is 437 g/mol. The quantitative estimate of drug-likeness (QED) is 0.586. The van der Waals surface area contributed by atoms with Gasteiger partial charge >= 0.3 is 5.97 Å². The number of ether oxygens (including phenoxy) is 2. The van der Waals surface area contributed by atoms with E-state index in [1.807, 2.05) is 55.5 Å². The molecule has 0 radical (unpaired) electrons. The maximum absolute atomic E-state index is 16.2. The van der Waals surface area contributed by atoms with Crippen molar-refractivity contribution < 1.29 is 18.7 Å². The van der Waals surface area contributed by atoms with Gasteiger partial charge in [-0.3, -0.25) is 4.79 Å². The predicted octanol–water partition coefficient (Wildman–Crippen LogP) is 4.18. The maximum atomic E-state index is 16.2. The number of piperidine rings is 1. The van der Waals surface area contributed by atoms with Crippen molar-refractivity contribution in [2.75, 3.05) is 26.8 Å². The maximum Gasteiger partial charge on any atom is 0.302 e. The van der Waals surface area contributed by atoms with E-state index < -0.39 is 5.41 Å². The first-order valence-electron chi connectivity index (χ1n) is 10.8. The molecular weight excluding hydrogens is 409 g/mol. The van der Waals surface area contributed by atoms with Crippen molar-refractivity contribution in [1.29, 1.82) is 0 Å². The molecule has 1 aromatic heterocycles. The number of aromatic nitrogens is 2. The van der Waals surface area contributed by atoms with Gasteiger partial charge in [-0.05, 0) is 57.1 Å². The normalized spacial score (nSPS) is 15.4. The van der Waals surface area contributed by atoms with E-state index in [0.29, 0.717) is 43.1 Å². The van der Waals surface area contributed by atoms with E-state index >= 15 is 4.39 Å². The van der Waals surface area contributed by atoms with Crippen LogP contribution in [0.4, 0.5) is 4.39 Å². The van der Waals surface area contributed by atoms with Gasteiger partial charge in [-0.2, -0.15) is 5.10 Å². The smallest absolute Gasteiger partial charge is 0.302 e. The molecule has 4 rings (SSSR count). The minimum atomic E-state index is -0.682. The van der Waals surface area contributed by atoms with E-state index in [4.69, 9.17) is 14.6 Å². The Morgan fingerprint density at radius 3 is 2.38 bits per heavy atom. The summed E-state index contributed by atoms with van der Waals surface area (Å²) in [6.45, 7) is 4.88. The van der Waals surface area contributed by atoms with Gasteiger partial charge in [-0.15, -0.1) is 0 Å². The first-order chi connectivity index (χ1) is 15.4. The summed E-state index contributed by atoms with van der Waals surface area (Å²) in [5.41, 5.74) is 2.60. The highest BCUT2D eigenvalue weighted by molar-refractivity contribution is 5.66. The van der Waals surface area contributed by atoms with Crippen molar-refractivity contribution in [2.45, 2.75) is 32.1 Å². The van der Waals surface area contributed by atoms with Gasteiger partial charge in [0.15, 0.2) is 5.82 Å². The van der Waals surface area contributed by atoms with Gasteiger partial charge in [0.2, 0.25) is 0 Å². The Bertz CT molecular complexity index is 1080. The Kier molecular flexibility index (Phi) is 6.28. The van der Waals surface area contributed by atoms with Crippen LogP contribution in [0.25, 0.3) is 16.9 Å². The largest absolute Gasteiger partial charge is 0.497 e. The molecule has 0 amide bonds. The third kappa shape index (κ3) is 4.25. The number of aryl methyl sites for hydroxylation is 1. The minimum absolute atomic E-state index is 0.105. The second-order valence-corrected chi connectivity index (χ2v) is 8.30. The molecule has 0 atom stereocenters. The number of carbonyl (C=O) groups is 1. The Morgan fingerprint density at radius 1 is 1.12 bits per heavy atom. The van der Waals surface area contributed by atoms with Crippen molar-refractivity contribution in [1.82, 2.24) is 15.1 Å². The number of nitrogens with one attached hydrogen (secondary N) is 1. The number of esters is 1. The number of hydrogen-bond acceptors (Lipinski definition) is 5. The average molecular weight is 438 g/mol. The topological polar surface area (TPSA) is 65.4 Å². The zero-order valence-electron chi connectivity index (χ0n) is 18.7. The van der Waals surface area contributed by atoms with Gasteiger partial charge < -0.3 is 14.8 Å². The summed E-state index contributed by atoms with van der Waals surface area (Å²) in [6.07, 6.45) is 1.26. The highest BCUT2D eigenvalue weighted by Crippen LogP contribution is 2.39. The zero-order valence-corrected chi connectivity index (χ0v) is 18.7. The molecule has 1 aliphatic rings. The molecule has 0 aliphatic carbocycles. The number of methoxy groups -OCH3 is 1. The van der Waals surface area contributed by atoms with Gasteiger partial charge in [0.25, 0.3) is 0 Å². The molecule has 1 N–H and O–H groups in total. The van der Waals surface area contributed by atoms with E-state index in [2.05, 4.69) is 5.32 Å². The van der Waals surface area contributed by atoms with Gasteiger partial charge in [-0.25, -0.2) is 9.07 Å². The van der Waals surface area contributed by atoms with Gasteiger partial charge in [-0.1, -0.05) is 29.8 Å². The van der Waals surface area contributed by atoms with Crippen molar-refractivity contribution in [3.8, 4) is 22.7 Å². The first kappa shape index (κ1) is 22.0. The molecule has 2 aromatic carbocycles. The molecule has 0 unspecified atom stereocenters. The Morgan fingerprint density at radius 2 is 1.78 bits per heavy atom. The van der Waals surface area contributed by atoms with Crippen molar-refractivity contribution in [3.63, 3.8) is 0 Å². The molecule has 1 saturated heterocycles. The van der Waals surface area contributed by atoms with Gasteiger partial charge in [0.05, 0.1) is 18.2 Å². The third-order valence-electron chi connectivity index (χ3n) is 6.08. The summed E-state index contributed by atoms with van der Waals surface area (Å²) < 4.78 is 28.5. The second kappa shape index (κ2) is 9.12. The number of rotatable bonds is 6. The van der Waals surface area contributed by atoms with Crippen LogP contribution in [0.5, 0.6) is 5.75 Å². The predicted molar refractivity (Wildman–Crippen MR) is 121 cm³/mol. The fourth-order valence-corrected chi connectivity index (χ4v) is 4.20. The number of hydrogen-bond donors (Lipinski definition) is 1. The lowest BCUT2D eigenvalue weighted by Gasteiger charge is -2.35. The number of carbonyl (C=O) groups excluding carboxylic acids is 1. The lowest BCUT2D eigenvalue weighted by Crippen LogP contribution is -2.44. The Labute approximate surface area is 187 Å². The van der Waals surface area contributed by atoms with Gasteiger partial charge in [0, 0.05) is 12.5 Å². The molecule has 1 aliphatic heterocycles. The third-order valence-corrected chi connectivity index (χ3v) is 6.08. The highest BCUT2D eigenvalue weighted by Gasteiger charge is 2.41. The molecule has 7 heteroatoms. The first-order valence-corrected chi connectivity index (χ1v) is 10.8. The average Bonchev–Trinajstić information content (AvgIpc) is 3.16. The van der Waals surface area contributed by atoms with Crippen LogP contribution in [-0.2, 0) is 14.9 Å². The van der Waals surface area contributed by atoms with Crippen LogP contribution < -0.4 is 10.1 Å². The van der Waals surface area contributed by atoms with Crippen molar-refractivity contribution in [2.24, 2.45) is 0 Å². The van der Waals surface area contributed by atoms with E-state index in [1.54, 1.807) is 11.8 Å². The van der Waals surface area contributed by atoms with Crippen molar-refractivity contribution >= 4 is 5.97 Å². The van der Waals surface area contributed by atoms with E-state index in [0.717, 1.165) is 16.8 Å². The van der Waals surface area contributed by atoms with Crippen LogP contribution >= 0.6 is 0 Å². The fourth-order valence-electron chi connectivity index (χ4n) is 4.20. The molecule has 32 heavy (non-hydrogen) atoms. The van der Waals surface area contributed by atoms with Crippen LogP contribution in [0.2, 0.25) is 0 Å². The molecule has 0 saturated carbocycles. The van der Waals surface area contributed by atoms with E-state index in [1.165, 1.54) is 6.92 Å². The number of benzene rings is 2. The van der Waals surface area contributed by atoms with E-state index in [-0.39, 0.29) is 18.4 Å². The highest BCUT2D eigenvalue weighted by atomic mass is 19.1. The van der Waals surface area contributed by atoms with Crippen LogP contribution in [0.1, 0.15) is 31.0 Å². The van der Waals surface area contributed by atoms with E-state index in [9.17, 15) is 4.79 Å². The Balaban J connectivity index is 1.89. The molecule has 6 nitrogen and oxygen atoms in total. The summed E-state index contributed by atoms with van der Waals surface area (Å²) >= 11 is 0. The lowest BCUT2D eigenvalue weighted by atomic mass is 9.76. The molecule has 1 fully saturated rings. The Hall–Kier alpha value is -3.19. The second-order valence-electron chi connectivity index (χ2n) is 8.30. The summed E-state index contributed by atoms with van der Waals surface area (Å²) in [5, 5.41) is 8.10. The molecule has 0 spiro atoms. The summed E-state index contributed by atoms with van der Waals surface area (Å²) in [7, 11) is 1.61. The zero-order chi connectivity index (χ0) is 22.7. The summed E-state index contributed by atoms with van der Waals surface area (Å²) in [5.74, 6) is -0.0430. The minimum Gasteiger partial charge on any atom is -0.497 e. The standard InChI is InChI=1S/C25H28FN3O3/c1-17-4-6-19(7-5-17)23-22(26)24(25(16-32-18(2)30)12-14-27-15-13-25)28-29(23)20-8-10-21(31-3)11-9-20/h4-11,27H,12-16H2,1-3H3. The van der Waals surface area contributed by atoms with Crippen LogP contribution in [0, 0.1) is 12.7 Å². The SMILES string of the molecule is COc1ccc(-n2nc(C3(COC(C)=O)CCNCC3)c(F)c2-c2ccc(C)cc2)cc1. The van der Waals surface area contributed by atoms with Gasteiger partial charge in [0.1, 0.15) is 23.7 Å². The molecule has 0 bridgehead atoms. The molecule has 168 valence electrons. The summed E-state index contributed by atoms with van der Waals surface area (Å²) in [4.78, 5) is 11.6. The van der Waals surface area contributed by atoms with Crippen LogP contribution in [0.15, 0.2) is 48.5 Å². The number of nitrogens with zero attached hydrogens (tertiary/aromatic N) is 2. The summed E-state index contributed by atoms with van der Waals surface area (Å²) in [6, 6.07) is 15.1. The lowest BCUT2D eigenvalue weighted by molar-refractivity contribution is -0.143. The van der Waals surface area contributed by atoms with Crippen LogP contribution in [-0.4, -0.2) is 42.6 Å². The van der Waals surface area contributed by atoms with Crippen molar-refractivity contribution in [3.05, 3.63) is 65.6 Å². The molecule has 3 aromatic rings. The molecular formula is C25H28FN3O3. The fraction of sp³-hybridized carbons (Fsp3) is 0.360. The number of halogens is 1.